The maximum Gasteiger partial charge on any atom is 0.251 e. The molecule has 1 aromatic rings. The summed E-state index contributed by atoms with van der Waals surface area (Å²) in [6.45, 7) is 6.23. The van der Waals surface area contributed by atoms with Gasteiger partial charge in [0.1, 0.15) is 5.82 Å². The molecule has 1 aliphatic heterocycles. The minimum Gasteiger partial charge on any atom is -0.379 e. The summed E-state index contributed by atoms with van der Waals surface area (Å²) in [6, 6.07) is 3.51. The van der Waals surface area contributed by atoms with Crippen LogP contribution in [0.15, 0.2) is 18.3 Å². The molecule has 0 aliphatic carbocycles. The molecule has 0 spiro atoms. The maximum atomic E-state index is 12.2. The van der Waals surface area contributed by atoms with Crippen LogP contribution in [0.3, 0.4) is 0 Å². The second-order valence-electron chi connectivity index (χ2n) is 5.17. The van der Waals surface area contributed by atoms with Gasteiger partial charge in [0, 0.05) is 24.9 Å². The van der Waals surface area contributed by atoms with Gasteiger partial charge in [0.05, 0.1) is 12.1 Å². The molecule has 1 saturated heterocycles. The predicted molar refractivity (Wildman–Crippen MR) is 74.3 cm³/mol. The molecule has 19 heavy (non-hydrogen) atoms. The minimum atomic E-state index is -0.253. The molecule has 5 heteroatoms. The van der Waals surface area contributed by atoms with Gasteiger partial charge in [-0.05, 0) is 31.9 Å². The Morgan fingerprint density at radius 3 is 3.11 bits per heavy atom. The largest absolute Gasteiger partial charge is 0.379 e. The van der Waals surface area contributed by atoms with E-state index in [0.717, 1.165) is 25.2 Å². The van der Waals surface area contributed by atoms with Gasteiger partial charge in [-0.1, -0.05) is 6.92 Å². The van der Waals surface area contributed by atoms with E-state index in [1.165, 1.54) is 0 Å². The molecule has 5 nitrogen and oxygen atoms in total. The Labute approximate surface area is 113 Å². The van der Waals surface area contributed by atoms with E-state index < -0.39 is 0 Å². The second kappa shape index (κ2) is 6.02. The molecule has 2 N–H and O–H groups in total. The number of anilines is 1. The van der Waals surface area contributed by atoms with Crippen molar-refractivity contribution in [2.24, 2.45) is 0 Å². The number of nitrogens with zero attached hydrogens (tertiary/aromatic N) is 1. The van der Waals surface area contributed by atoms with Gasteiger partial charge in [-0.2, -0.15) is 0 Å². The first-order valence-electron chi connectivity index (χ1n) is 6.73. The van der Waals surface area contributed by atoms with Crippen molar-refractivity contribution in [1.29, 1.82) is 0 Å². The highest BCUT2D eigenvalue weighted by Gasteiger charge is 2.31. The number of amides is 1. The van der Waals surface area contributed by atoms with Crippen LogP contribution in [0, 0.1) is 0 Å². The summed E-state index contributed by atoms with van der Waals surface area (Å²) < 4.78 is 5.33. The fraction of sp³-hybridized carbons (Fsp3) is 0.571. The Morgan fingerprint density at radius 2 is 2.42 bits per heavy atom. The number of rotatable bonds is 5. The Morgan fingerprint density at radius 1 is 1.58 bits per heavy atom. The first kappa shape index (κ1) is 13.8. The van der Waals surface area contributed by atoms with Crippen LogP contribution in [0.5, 0.6) is 0 Å². The third-order valence-corrected chi connectivity index (χ3v) is 3.21. The van der Waals surface area contributed by atoms with Crippen molar-refractivity contribution >= 4 is 11.7 Å². The standard InChI is InChI=1S/C14H21N3O2/c1-3-6-15-12-9-11(4-7-16-12)13(18)17-14(2)5-8-19-10-14/h4,7,9H,3,5-6,8,10H2,1-2H3,(H,15,16)(H,17,18). The average Bonchev–Trinajstić information content (AvgIpc) is 2.83. The fourth-order valence-electron chi connectivity index (χ4n) is 2.03. The number of hydrogen-bond donors (Lipinski definition) is 2. The summed E-state index contributed by atoms with van der Waals surface area (Å²) in [5, 5.41) is 6.21. The molecule has 1 amide bonds. The molecule has 1 aromatic heterocycles. The molecule has 1 atom stereocenters. The summed E-state index contributed by atoms with van der Waals surface area (Å²) in [6.07, 6.45) is 3.53. The third-order valence-electron chi connectivity index (χ3n) is 3.21. The van der Waals surface area contributed by atoms with Crippen LogP contribution < -0.4 is 10.6 Å². The van der Waals surface area contributed by atoms with Crippen molar-refractivity contribution in [2.75, 3.05) is 25.1 Å². The zero-order chi connectivity index (χ0) is 13.7. The number of nitrogens with one attached hydrogen (secondary N) is 2. The summed E-state index contributed by atoms with van der Waals surface area (Å²) in [5.74, 6) is 0.664. The zero-order valence-corrected chi connectivity index (χ0v) is 11.5. The van der Waals surface area contributed by atoms with Crippen LogP contribution in [0.4, 0.5) is 5.82 Å². The maximum absolute atomic E-state index is 12.2. The van der Waals surface area contributed by atoms with Gasteiger partial charge >= 0.3 is 0 Å². The lowest BCUT2D eigenvalue weighted by Gasteiger charge is -2.23. The Hall–Kier alpha value is -1.62. The summed E-state index contributed by atoms with van der Waals surface area (Å²) in [7, 11) is 0. The lowest BCUT2D eigenvalue weighted by molar-refractivity contribution is 0.0890. The van der Waals surface area contributed by atoms with Crippen molar-refractivity contribution in [3.63, 3.8) is 0 Å². The first-order chi connectivity index (χ1) is 9.13. The Balaban J connectivity index is 2.02. The number of aromatic nitrogens is 1. The van der Waals surface area contributed by atoms with Crippen molar-refractivity contribution in [2.45, 2.75) is 32.2 Å². The molecule has 1 fully saturated rings. The average molecular weight is 263 g/mol. The van der Waals surface area contributed by atoms with Gasteiger partial charge in [-0.25, -0.2) is 4.98 Å². The van der Waals surface area contributed by atoms with E-state index in [9.17, 15) is 4.79 Å². The topological polar surface area (TPSA) is 63.2 Å². The van der Waals surface area contributed by atoms with Crippen LogP contribution in [-0.4, -0.2) is 36.2 Å². The number of pyridine rings is 1. The van der Waals surface area contributed by atoms with E-state index in [4.69, 9.17) is 4.74 Å². The van der Waals surface area contributed by atoms with Crippen LogP contribution in [-0.2, 0) is 4.74 Å². The molecule has 1 unspecified atom stereocenters. The van der Waals surface area contributed by atoms with Gasteiger partial charge in [-0.3, -0.25) is 4.79 Å². The highest BCUT2D eigenvalue weighted by Crippen LogP contribution is 2.18. The van der Waals surface area contributed by atoms with E-state index in [1.54, 1.807) is 18.3 Å². The first-order valence-corrected chi connectivity index (χ1v) is 6.73. The van der Waals surface area contributed by atoms with E-state index >= 15 is 0 Å². The van der Waals surface area contributed by atoms with E-state index in [2.05, 4.69) is 22.5 Å². The molecular formula is C14H21N3O2. The molecular weight excluding hydrogens is 242 g/mol. The normalized spacial score (nSPS) is 22.2. The number of carbonyl (C=O) groups is 1. The summed E-state index contributed by atoms with van der Waals surface area (Å²) >= 11 is 0. The van der Waals surface area contributed by atoms with E-state index in [0.29, 0.717) is 18.8 Å². The van der Waals surface area contributed by atoms with Crippen molar-refractivity contribution in [3.8, 4) is 0 Å². The zero-order valence-electron chi connectivity index (χ0n) is 11.5. The number of ether oxygens (including phenoxy) is 1. The van der Waals surface area contributed by atoms with Gasteiger partial charge in [0.2, 0.25) is 0 Å². The smallest absolute Gasteiger partial charge is 0.251 e. The van der Waals surface area contributed by atoms with Crippen LogP contribution >= 0.6 is 0 Å². The monoisotopic (exact) mass is 263 g/mol. The third kappa shape index (κ3) is 3.67. The highest BCUT2D eigenvalue weighted by atomic mass is 16.5. The SMILES string of the molecule is CCCNc1cc(C(=O)NC2(C)CCOC2)ccn1. The molecule has 2 rings (SSSR count). The lowest BCUT2D eigenvalue weighted by atomic mass is 10.0. The molecule has 1 aliphatic rings. The minimum absolute atomic E-state index is 0.0741. The van der Waals surface area contributed by atoms with Gasteiger partial charge < -0.3 is 15.4 Å². The van der Waals surface area contributed by atoms with Gasteiger partial charge in [0.15, 0.2) is 0 Å². The van der Waals surface area contributed by atoms with Crippen LogP contribution in [0.1, 0.15) is 37.0 Å². The second-order valence-corrected chi connectivity index (χ2v) is 5.17. The molecule has 2 heterocycles. The highest BCUT2D eigenvalue weighted by molar-refractivity contribution is 5.95. The van der Waals surface area contributed by atoms with Crippen LogP contribution in [0.25, 0.3) is 0 Å². The predicted octanol–water partition coefficient (Wildman–Crippen LogP) is 1.81. The van der Waals surface area contributed by atoms with Crippen molar-refractivity contribution < 1.29 is 9.53 Å². The van der Waals surface area contributed by atoms with Crippen molar-refractivity contribution in [1.82, 2.24) is 10.3 Å². The summed E-state index contributed by atoms with van der Waals surface area (Å²) in [5.41, 5.74) is 0.374. The molecule has 0 bridgehead atoms. The van der Waals surface area contributed by atoms with Crippen molar-refractivity contribution in [3.05, 3.63) is 23.9 Å². The number of hydrogen-bond acceptors (Lipinski definition) is 4. The number of carbonyl (C=O) groups excluding carboxylic acids is 1. The van der Waals surface area contributed by atoms with Gasteiger partial charge in [0.25, 0.3) is 5.91 Å². The molecule has 0 saturated carbocycles. The fourth-order valence-corrected chi connectivity index (χ4v) is 2.03. The van der Waals surface area contributed by atoms with E-state index in [1.807, 2.05) is 6.92 Å². The van der Waals surface area contributed by atoms with E-state index in [-0.39, 0.29) is 11.4 Å². The quantitative estimate of drug-likeness (QED) is 0.850. The van der Waals surface area contributed by atoms with Crippen LogP contribution in [0.2, 0.25) is 0 Å². The summed E-state index contributed by atoms with van der Waals surface area (Å²) in [4.78, 5) is 16.4. The van der Waals surface area contributed by atoms with Gasteiger partial charge in [-0.15, -0.1) is 0 Å². The Bertz CT molecular complexity index is 442. The Kier molecular flexibility index (Phi) is 4.37. The lowest BCUT2D eigenvalue weighted by Crippen LogP contribution is -2.46. The molecule has 104 valence electrons. The molecule has 0 radical (unpaired) electrons. The molecule has 0 aromatic carbocycles.